The van der Waals surface area contributed by atoms with E-state index in [9.17, 15) is 9.59 Å². The van der Waals surface area contributed by atoms with Gasteiger partial charge < -0.3 is 19.7 Å². The van der Waals surface area contributed by atoms with E-state index in [1.165, 1.54) is 0 Å². The van der Waals surface area contributed by atoms with Crippen molar-refractivity contribution in [3.63, 3.8) is 0 Å². The molecule has 1 aliphatic heterocycles. The van der Waals surface area contributed by atoms with Gasteiger partial charge in [-0.15, -0.1) is 0 Å². The molecular weight excluding hydrogens is 380 g/mol. The summed E-state index contributed by atoms with van der Waals surface area (Å²) in [5.74, 6) is 1.33. The fourth-order valence-electron chi connectivity index (χ4n) is 3.35. The molecular formula is C24H30N2O4. The first-order valence-electron chi connectivity index (χ1n) is 10.5. The SMILES string of the molecule is CCCOc1ccc(CNC(=O)CCC(=O)N2CC(C)Oc3ccc(C)cc32)cc1. The van der Waals surface area contributed by atoms with Crippen LogP contribution in [0.25, 0.3) is 0 Å². The lowest BCUT2D eigenvalue weighted by atomic mass is 10.1. The zero-order valence-electron chi connectivity index (χ0n) is 17.9. The highest BCUT2D eigenvalue weighted by molar-refractivity contribution is 5.97. The molecule has 1 heterocycles. The van der Waals surface area contributed by atoms with Crippen LogP contribution in [0.3, 0.4) is 0 Å². The number of nitrogens with zero attached hydrogens (tertiary/aromatic N) is 1. The maximum absolute atomic E-state index is 12.8. The highest BCUT2D eigenvalue weighted by Crippen LogP contribution is 2.34. The second-order valence-electron chi connectivity index (χ2n) is 7.67. The van der Waals surface area contributed by atoms with Crippen LogP contribution in [0.1, 0.15) is 44.2 Å². The van der Waals surface area contributed by atoms with E-state index in [1.54, 1.807) is 4.90 Å². The Kier molecular flexibility index (Phi) is 7.33. The molecule has 1 atom stereocenters. The molecule has 0 fully saturated rings. The molecule has 0 aliphatic carbocycles. The van der Waals surface area contributed by atoms with Gasteiger partial charge in [-0.25, -0.2) is 0 Å². The van der Waals surface area contributed by atoms with Crippen molar-refractivity contribution in [3.8, 4) is 11.5 Å². The summed E-state index contributed by atoms with van der Waals surface area (Å²) < 4.78 is 11.4. The number of rotatable bonds is 8. The first-order chi connectivity index (χ1) is 14.5. The lowest BCUT2D eigenvalue weighted by Gasteiger charge is -2.33. The Labute approximate surface area is 178 Å². The number of amides is 2. The molecule has 30 heavy (non-hydrogen) atoms. The summed E-state index contributed by atoms with van der Waals surface area (Å²) >= 11 is 0. The smallest absolute Gasteiger partial charge is 0.227 e. The van der Waals surface area contributed by atoms with Crippen LogP contribution in [0.4, 0.5) is 5.69 Å². The molecule has 6 nitrogen and oxygen atoms in total. The van der Waals surface area contributed by atoms with E-state index in [1.807, 2.05) is 56.3 Å². The van der Waals surface area contributed by atoms with E-state index in [4.69, 9.17) is 9.47 Å². The zero-order valence-corrected chi connectivity index (χ0v) is 17.9. The molecule has 0 saturated heterocycles. The van der Waals surface area contributed by atoms with Gasteiger partial charge in [0.2, 0.25) is 11.8 Å². The van der Waals surface area contributed by atoms with Gasteiger partial charge >= 0.3 is 0 Å². The minimum absolute atomic E-state index is 0.0652. The third-order valence-electron chi connectivity index (χ3n) is 4.93. The van der Waals surface area contributed by atoms with Gasteiger partial charge in [0.1, 0.15) is 17.6 Å². The van der Waals surface area contributed by atoms with Gasteiger partial charge in [-0.3, -0.25) is 9.59 Å². The van der Waals surface area contributed by atoms with Gasteiger partial charge in [0.25, 0.3) is 0 Å². The van der Waals surface area contributed by atoms with E-state index >= 15 is 0 Å². The van der Waals surface area contributed by atoms with E-state index in [2.05, 4.69) is 12.2 Å². The van der Waals surface area contributed by atoms with E-state index in [0.717, 1.165) is 29.0 Å². The quantitative estimate of drug-likeness (QED) is 0.714. The predicted octanol–water partition coefficient (Wildman–Crippen LogP) is 3.99. The largest absolute Gasteiger partial charge is 0.494 e. The minimum Gasteiger partial charge on any atom is -0.494 e. The monoisotopic (exact) mass is 410 g/mol. The summed E-state index contributed by atoms with van der Waals surface area (Å²) in [5.41, 5.74) is 2.84. The third-order valence-corrected chi connectivity index (χ3v) is 4.93. The molecule has 3 rings (SSSR count). The molecule has 160 valence electrons. The van der Waals surface area contributed by atoms with Crippen molar-refractivity contribution in [2.45, 2.75) is 52.7 Å². The van der Waals surface area contributed by atoms with Gasteiger partial charge in [-0.2, -0.15) is 0 Å². The molecule has 2 aromatic rings. The Morgan fingerprint density at radius 2 is 1.93 bits per heavy atom. The van der Waals surface area contributed by atoms with Crippen molar-refractivity contribution < 1.29 is 19.1 Å². The summed E-state index contributed by atoms with van der Waals surface area (Å²) in [6, 6.07) is 13.5. The zero-order chi connectivity index (χ0) is 21.5. The average molecular weight is 411 g/mol. The van der Waals surface area contributed by atoms with Crippen LogP contribution >= 0.6 is 0 Å². The number of nitrogens with one attached hydrogen (secondary N) is 1. The second kappa shape index (κ2) is 10.1. The molecule has 0 aromatic heterocycles. The number of ether oxygens (including phenoxy) is 2. The topological polar surface area (TPSA) is 67.9 Å². The van der Waals surface area contributed by atoms with Gasteiger partial charge in [-0.1, -0.05) is 25.1 Å². The van der Waals surface area contributed by atoms with Gasteiger partial charge in [0.15, 0.2) is 0 Å². The van der Waals surface area contributed by atoms with Crippen LogP contribution < -0.4 is 19.7 Å². The van der Waals surface area contributed by atoms with Crippen molar-refractivity contribution in [1.82, 2.24) is 5.32 Å². The molecule has 1 unspecified atom stereocenters. The fourth-order valence-corrected chi connectivity index (χ4v) is 3.35. The maximum Gasteiger partial charge on any atom is 0.227 e. The number of benzene rings is 2. The number of anilines is 1. The van der Waals surface area contributed by atoms with E-state index in [-0.39, 0.29) is 30.8 Å². The Balaban J connectivity index is 1.49. The molecule has 1 N–H and O–H groups in total. The predicted molar refractivity (Wildman–Crippen MR) is 117 cm³/mol. The molecule has 6 heteroatoms. The Morgan fingerprint density at radius 1 is 1.17 bits per heavy atom. The van der Waals surface area contributed by atoms with Crippen LogP contribution in [0.15, 0.2) is 42.5 Å². The first kappa shape index (κ1) is 21.7. The molecule has 0 spiro atoms. The van der Waals surface area contributed by atoms with Crippen molar-refractivity contribution >= 4 is 17.5 Å². The van der Waals surface area contributed by atoms with Crippen LogP contribution in [0, 0.1) is 6.92 Å². The Morgan fingerprint density at radius 3 is 2.67 bits per heavy atom. The summed E-state index contributed by atoms with van der Waals surface area (Å²) in [4.78, 5) is 26.8. The van der Waals surface area contributed by atoms with Crippen molar-refractivity contribution in [1.29, 1.82) is 0 Å². The van der Waals surface area contributed by atoms with Gasteiger partial charge in [0.05, 0.1) is 18.8 Å². The molecule has 0 saturated carbocycles. The summed E-state index contributed by atoms with van der Waals surface area (Å²) in [5, 5.41) is 2.88. The minimum atomic E-state index is -0.138. The van der Waals surface area contributed by atoms with Crippen molar-refractivity contribution in [2.75, 3.05) is 18.1 Å². The standard InChI is InChI=1S/C24H30N2O4/c1-4-13-29-20-8-6-19(7-9-20)15-25-23(27)11-12-24(28)26-16-18(3)30-22-10-5-17(2)14-21(22)26/h5-10,14,18H,4,11-13,15-16H2,1-3H3,(H,25,27). The first-order valence-corrected chi connectivity index (χ1v) is 10.5. The van der Waals surface area contributed by atoms with Gasteiger partial charge in [0, 0.05) is 19.4 Å². The molecule has 1 aliphatic rings. The van der Waals surface area contributed by atoms with Crippen LogP contribution in [-0.2, 0) is 16.1 Å². The van der Waals surface area contributed by atoms with Crippen molar-refractivity contribution in [2.24, 2.45) is 0 Å². The van der Waals surface area contributed by atoms with E-state index < -0.39 is 0 Å². The highest BCUT2D eigenvalue weighted by atomic mass is 16.5. The van der Waals surface area contributed by atoms with Crippen LogP contribution in [0.2, 0.25) is 0 Å². The number of carbonyl (C=O) groups is 2. The second-order valence-corrected chi connectivity index (χ2v) is 7.67. The van der Waals surface area contributed by atoms with Crippen LogP contribution in [-0.4, -0.2) is 31.1 Å². The molecule has 2 amide bonds. The van der Waals surface area contributed by atoms with Crippen molar-refractivity contribution in [3.05, 3.63) is 53.6 Å². The lowest BCUT2D eigenvalue weighted by molar-refractivity contribution is -0.125. The highest BCUT2D eigenvalue weighted by Gasteiger charge is 2.27. The number of hydrogen-bond donors (Lipinski definition) is 1. The van der Waals surface area contributed by atoms with E-state index in [0.29, 0.717) is 25.4 Å². The number of hydrogen-bond acceptors (Lipinski definition) is 4. The average Bonchev–Trinajstić information content (AvgIpc) is 2.75. The number of fused-ring (bicyclic) bond motifs is 1. The normalized spacial score (nSPS) is 15.2. The Hall–Kier alpha value is -3.02. The molecule has 2 aromatic carbocycles. The summed E-state index contributed by atoms with van der Waals surface area (Å²) in [6.45, 7) is 7.59. The van der Waals surface area contributed by atoms with Gasteiger partial charge in [-0.05, 0) is 55.7 Å². The number of carbonyl (C=O) groups excluding carboxylic acids is 2. The van der Waals surface area contributed by atoms with Crippen LogP contribution in [0.5, 0.6) is 11.5 Å². The molecule has 0 bridgehead atoms. The maximum atomic E-state index is 12.8. The Bertz CT molecular complexity index is 879. The fraction of sp³-hybridized carbons (Fsp3) is 0.417. The number of aryl methyl sites for hydroxylation is 1. The summed E-state index contributed by atoms with van der Waals surface area (Å²) in [6.07, 6.45) is 1.20. The summed E-state index contributed by atoms with van der Waals surface area (Å²) in [7, 11) is 0. The third kappa shape index (κ3) is 5.75. The lowest BCUT2D eigenvalue weighted by Crippen LogP contribution is -2.42. The molecule has 0 radical (unpaired) electrons.